The van der Waals surface area contributed by atoms with Crippen molar-refractivity contribution in [3.63, 3.8) is 0 Å². The minimum atomic E-state index is -0.499. The van der Waals surface area contributed by atoms with E-state index in [-0.39, 0.29) is 0 Å². The summed E-state index contributed by atoms with van der Waals surface area (Å²) in [6.07, 6.45) is 0.445. The van der Waals surface area contributed by atoms with E-state index < -0.39 is 6.10 Å². The van der Waals surface area contributed by atoms with E-state index >= 15 is 0 Å². The summed E-state index contributed by atoms with van der Waals surface area (Å²) in [6.45, 7) is 1.87. The normalized spacial score (nSPS) is 12.7. The highest BCUT2D eigenvalue weighted by molar-refractivity contribution is 6.33. The maximum atomic E-state index is 10.6. The fourth-order valence-corrected chi connectivity index (χ4v) is 4.01. The molecule has 1 aromatic heterocycles. The number of hydrogen-bond acceptors (Lipinski definition) is 2. The lowest BCUT2D eigenvalue weighted by atomic mass is 10.1. The minimum absolute atomic E-state index is 0.499. The zero-order valence-electron chi connectivity index (χ0n) is 15.4. The average Bonchev–Trinajstić information content (AvgIpc) is 2.98. The number of hydrogen-bond donors (Lipinski definition) is 2. The van der Waals surface area contributed by atoms with Gasteiger partial charge in [-0.2, -0.15) is 0 Å². The SMILES string of the molecule is OC(CNCCc1ccccc1)Cn1c2ccc(Cl)cc2c2cc(Cl)ccc21. The van der Waals surface area contributed by atoms with Crippen LogP contribution in [0.5, 0.6) is 0 Å². The lowest BCUT2D eigenvalue weighted by molar-refractivity contribution is 0.154. The number of halogens is 2. The third-order valence-electron chi connectivity index (χ3n) is 5.00. The van der Waals surface area contributed by atoms with Gasteiger partial charge in [-0.05, 0) is 54.9 Å². The largest absolute Gasteiger partial charge is 0.390 e. The van der Waals surface area contributed by atoms with E-state index in [4.69, 9.17) is 23.2 Å². The van der Waals surface area contributed by atoms with Crippen molar-refractivity contribution in [1.82, 2.24) is 9.88 Å². The Bertz CT molecular complexity index is 1030. The predicted molar refractivity (Wildman–Crippen MR) is 118 cm³/mol. The van der Waals surface area contributed by atoms with Gasteiger partial charge in [-0.15, -0.1) is 0 Å². The van der Waals surface area contributed by atoms with E-state index in [1.807, 2.05) is 54.6 Å². The molecule has 0 aliphatic rings. The van der Waals surface area contributed by atoms with E-state index in [0.717, 1.165) is 34.8 Å². The average molecular weight is 413 g/mol. The van der Waals surface area contributed by atoms with Gasteiger partial charge in [-0.1, -0.05) is 53.5 Å². The second-order valence-electron chi connectivity index (χ2n) is 7.03. The summed E-state index contributed by atoms with van der Waals surface area (Å²) in [7, 11) is 0. The number of nitrogens with zero attached hydrogens (tertiary/aromatic N) is 1. The smallest absolute Gasteiger partial charge is 0.0843 e. The molecule has 0 aliphatic carbocycles. The number of rotatable bonds is 7. The molecule has 4 rings (SSSR count). The molecule has 3 aromatic carbocycles. The van der Waals surface area contributed by atoms with Crippen molar-refractivity contribution in [1.29, 1.82) is 0 Å². The highest BCUT2D eigenvalue weighted by Crippen LogP contribution is 2.32. The van der Waals surface area contributed by atoms with Crippen LogP contribution in [0.4, 0.5) is 0 Å². The number of fused-ring (bicyclic) bond motifs is 3. The van der Waals surface area contributed by atoms with Gasteiger partial charge in [0.25, 0.3) is 0 Å². The Kier molecular flexibility index (Phi) is 5.88. The summed E-state index contributed by atoms with van der Waals surface area (Å²) < 4.78 is 2.14. The number of aromatic nitrogens is 1. The van der Waals surface area contributed by atoms with Gasteiger partial charge in [0.2, 0.25) is 0 Å². The Morgan fingerprint density at radius 1 is 0.857 bits per heavy atom. The van der Waals surface area contributed by atoms with Gasteiger partial charge < -0.3 is 15.0 Å². The van der Waals surface area contributed by atoms with Crippen LogP contribution in [0.3, 0.4) is 0 Å². The van der Waals surface area contributed by atoms with Crippen molar-refractivity contribution in [3.05, 3.63) is 82.3 Å². The van der Waals surface area contributed by atoms with Crippen molar-refractivity contribution in [2.24, 2.45) is 0 Å². The molecule has 3 nitrogen and oxygen atoms in total. The molecule has 1 heterocycles. The summed E-state index contributed by atoms with van der Waals surface area (Å²) in [5, 5.41) is 17.4. The van der Waals surface area contributed by atoms with Crippen molar-refractivity contribution in [2.75, 3.05) is 13.1 Å². The summed E-state index contributed by atoms with van der Waals surface area (Å²) in [5.74, 6) is 0. The number of benzene rings is 3. The minimum Gasteiger partial charge on any atom is -0.390 e. The first-order valence-electron chi connectivity index (χ1n) is 9.41. The van der Waals surface area contributed by atoms with Crippen LogP contribution in [0.25, 0.3) is 21.8 Å². The molecule has 5 heteroatoms. The maximum Gasteiger partial charge on any atom is 0.0843 e. The zero-order valence-corrected chi connectivity index (χ0v) is 16.9. The number of nitrogens with one attached hydrogen (secondary N) is 1. The molecule has 1 atom stereocenters. The molecule has 0 saturated heterocycles. The van der Waals surface area contributed by atoms with Gasteiger partial charge in [0.1, 0.15) is 0 Å². The van der Waals surface area contributed by atoms with Crippen LogP contribution < -0.4 is 5.32 Å². The van der Waals surface area contributed by atoms with Gasteiger partial charge >= 0.3 is 0 Å². The lowest BCUT2D eigenvalue weighted by Gasteiger charge is -2.15. The molecule has 144 valence electrons. The summed E-state index contributed by atoms with van der Waals surface area (Å²) in [5.41, 5.74) is 3.38. The van der Waals surface area contributed by atoms with Crippen LogP contribution in [0, 0.1) is 0 Å². The second-order valence-corrected chi connectivity index (χ2v) is 7.90. The summed E-state index contributed by atoms with van der Waals surface area (Å²) in [6, 6.07) is 22.0. The van der Waals surface area contributed by atoms with Crippen LogP contribution in [-0.2, 0) is 13.0 Å². The predicted octanol–water partition coefficient (Wildman–Crippen LogP) is 5.29. The van der Waals surface area contributed by atoms with Gasteiger partial charge in [-0.25, -0.2) is 0 Å². The van der Waals surface area contributed by atoms with Crippen LogP contribution in [0.2, 0.25) is 10.0 Å². The Morgan fingerprint density at radius 2 is 1.46 bits per heavy atom. The first-order valence-corrected chi connectivity index (χ1v) is 10.2. The van der Waals surface area contributed by atoms with Crippen LogP contribution in [0.1, 0.15) is 5.56 Å². The van der Waals surface area contributed by atoms with E-state index in [9.17, 15) is 5.11 Å². The molecular weight excluding hydrogens is 391 g/mol. The highest BCUT2D eigenvalue weighted by Gasteiger charge is 2.14. The van der Waals surface area contributed by atoms with Gasteiger partial charge in [0, 0.05) is 38.4 Å². The van der Waals surface area contributed by atoms with Crippen LogP contribution in [0.15, 0.2) is 66.7 Å². The molecule has 0 spiro atoms. The topological polar surface area (TPSA) is 37.2 Å². The van der Waals surface area contributed by atoms with Crippen LogP contribution in [-0.4, -0.2) is 28.9 Å². The molecule has 0 radical (unpaired) electrons. The van der Waals surface area contributed by atoms with E-state index in [0.29, 0.717) is 23.1 Å². The Labute approximate surface area is 174 Å². The molecule has 0 bridgehead atoms. The first-order chi connectivity index (χ1) is 13.6. The number of aliphatic hydroxyl groups excluding tert-OH is 1. The van der Waals surface area contributed by atoms with Gasteiger partial charge in [0.15, 0.2) is 0 Å². The molecule has 2 N–H and O–H groups in total. The second kappa shape index (κ2) is 8.54. The van der Waals surface area contributed by atoms with Gasteiger partial charge in [0.05, 0.1) is 12.6 Å². The van der Waals surface area contributed by atoms with Crippen molar-refractivity contribution < 1.29 is 5.11 Å². The molecular formula is C23H22Cl2N2O. The van der Waals surface area contributed by atoms with Crippen molar-refractivity contribution in [3.8, 4) is 0 Å². The third-order valence-corrected chi connectivity index (χ3v) is 5.47. The zero-order chi connectivity index (χ0) is 19.5. The van der Waals surface area contributed by atoms with Crippen LogP contribution >= 0.6 is 23.2 Å². The molecule has 0 aliphatic heterocycles. The molecule has 28 heavy (non-hydrogen) atoms. The van der Waals surface area contributed by atoms with Crippen molar-refractivity contribution in [2.45, 2.75) is 19.1 Å². The number of aliphatic hydroxyl groups is 1. The molecule has 0 saturated carbocycles. The monoisotopic (exact) mass is 412 g/mol. The fourth-order valence-electron chi connectivity index (χ4n) is 3.67. The van der Waals surface area contributed by atoms with E-state index in [1.54, 1.807) is 0 Å². The fraction of sp³-hybridized carbons (Fsp3) is 0.217. The highest BCUT2D eigenvalue weighted by atomic mass is 35.5. The maximum absolute atomic E-state index is 10.6. The molecule has 0 amide bonds. The lowest BCUT2D eigenvalue weighted by Crippen LogP contribution is -2.31. The van der Waals surface area contributed by atoms with E-state index in [2.05, 4.69) is 22.0 Å². The quantitative estimate of drug-likeness (QED) is 0.404. The Morgan fingerprint density at radius 3 is 2.07 bits per heavy atom. The first kappa shape index (κ1) is 19.3. The molecule has 0 fully saturated rings. The van der Waals surface area contributed by atoms with E-state index in [1.165, 1.54) is 5.56 Å². The summed E-state index contributed by atoms with van der Waals surface area (Å²) >= 11 is 12.4. The van der Waals surface area contributed by atoms with Crippen molar-refractivity contribution >= 4 is 45.0 Å². The third kappa shape index (κ3) is 4.18. The Balaban J connectivity index is 1.49. The van der Waals surface area contributed by atoms with Gasteiger partial charge in [-0.3, -0.25) is 0 Å². The molecule has 4 aromatic rings. The Hall–Kier alpha value is -2.04. The summed E-state index contributed by atoms with van der Waals surface area (Å²) in [4.78, 5) is 0. The molecule has 1 unspecified atom stereocenters. The standard InChI is InChI=1S/C23H22Cl2N2O/c24-17-6-8-22-20(12-17)21-13-18(25)7-9-23(21)27(22)15-19(28)14-26-11-10-16-4-2-1-3-5-16/h1-9,12-13,19,26,28H,10-11,14-15H2.